The third-order valence-electron chi connectivity index (χ3n) is 5.23. The summed E-state index contributed by atoms with van der Waals surface area (Å²) in [5.41, 5.74) is 9.77. The minimum absolute atomic E-state index is 0.167. The number of hydrogen-bond donors (Lipinski definition) is 0. The Morgan fingerprint density at radius 2 is 1.40 bits per heavy atom. The third-order valence-corrected chi connectivity index (χ3v) is 5.23. The van der Waals surface area contributed by atoms with E-state index in [1.54, 1.807) is 0 Å². The number of carbonyl (C=O) groups excluding carboxylic acids is 1. The molecule has 3 aromatic carbocycles. The van der Waals surface area contributed by atoms with Crippen molar-refractivity contribution < 1.29 is 4.79 Å². The number of carbonyl (C=O) groups is 1. The molecular weight excluding hydrogens is 304 g/mol. The molecule has 0 aromatic heterocycles. The summed E-state index contributed by atoms with van der Waals surface area (Å²) in [7, 11) is 0. The summed E-state index contributed by atoms with van der Waals surface area (Å²) in [4.78, 5) is 11.0. The molecule has 0 radical (unpaired) electrons. The molecule has 0 saturated carbocycles. The van der Waals surface area contributed by atoms with Crippen LogP contribution in [-0.2, 0) is 0 Å². The molecule has 0 aliphatic carbocycles. The Morgan fingerprint density at radius 3 is 2.04 bits per heavy atom. The highest BCUT2D eigenvalue weighted by Crippen LogP contribution is 2.35. The van der Waals surface area contributed by atoms with E-state index in [4.69, 9.17) is 0 Å². The number of rotatable bonds is 4. The second kappa shape index (κ2) is 7.06. The summed E-state index contributed by atoms with van der Waals surface area (Å²) in [6, 6.07) is 21.2. The Hall–Kier alpha value is -2.67. The van der Waals surface area contributed by atoms with Crippen molar-refractivity contribution in [3.63, 3.8) is 0 Å². The molecule has 1 unspecified atom stereocenters. The number of aryl methyl sites for hydroxylation is 3. The highest BCUT2D eigenvalue weighted by molar-refractivity contribution is 5.74. The standard InChI is InChI=1S/C24H24O/c1-16-8-11-22(14-18(16)3)24(21-12-9-20(15-25)10-13-21)23-7-5-6-17(2)19(23)4/h5-15,24H,1-4H3. The molecule has 0 heterocycles. The predicted molar refractivity (Wildman–Crippen MR) is 105 cm³/mol. The molecule has 1 nitrogen and oxygen atoms in total. The van der Waals surface area contributed by atoms with Crippen LogP contribution in [-0.4, -0.2) is 6.29 Å². The van der Waals surface area contributed by atoms with Gasteiger partial charge in [0.15, 0.2) is 0 Å². The van der Waals surface area contributed by atoms with E-state index in [9.17, 15) is 4.79 Å². The maximum Gasteiger partial charge on any atom is 0.150 e. The first-order valence-electron chi connectivity index (χ1n) is 8.69. The maximum absolute atomic E-state index is 11.0. The third kappa shape index (κ3) is 3.41. The first kappa shape index (κ1) is 17.2. The van der Waals surface area contributed by atoms with Gasteiger partial charge in [-0.2, -0.15) is 0 Å². The molecule has 0 fully saturated rings. The molecule has 0 aliphatic heterocycles. The fraction of sp³-hybridized carbons (Fsp3) is 0.208. The molecule has 0 bridgehead atoms. The monoisotopic (exact) mass is 328 g/mol. The lowest BCUT2D eigenvalue weighted by Crippen LogP contribution is -2.07. The molecule has 25 heavy (non-hydrogen) atoms. The molecule has 0 aliphatic rings. The summed E-state index contributed by atoms with van der Waals surface area (Å²) < 4.78 is 0. The largest absolute Gasteiger partial charge is 0.298 e. The van der Waals surface area contributed by atoms with Crippen molar-refractivity contribution in [1.29, 1.82) is 0 Å². The van der Waals surface area contributed by atoms with E-state index in [0.29, 0.717) is 5.56 Å². The molecule has 0 amide bonds. The van der Waals surface area contributed by atoms with Gasteiger partial charge in [-0.15, -0.1) is 0 Å². The molecule has 0 saturated heterocycles. The molecule has 0 spiro atoms. The summed E-state index contributed by atoms with van der Waals surface area (Å²) in [5, 5.41) is 0. The quantitative estimate of drug-likeness (QED) is 0.429. The van der Waals surface area contributed by atoms with Crippen LogP contribution < -0.4 is 0 Å². The van der Waals surface area contributed by atoms with Crippen LogP contribution >= 0.6 is 0 Å². The van der Waals surface area contributed by atoms with Crippen molar-refractivity contribution in [3.8, 4) is 0 Å². The Morgan fingerprint density at radius 1 is 0.720 bits per heavy atom. The van der Waals surface area contributed by atoms with Crippen molar-refractivity contribution in [1.82, 2.24) is 0 Å². The smallest absolute Gasteiger partial charge is 0.150 e. The van der Waals surface area contributed by atoms with Gasteiger partial charge in [-0.05, 0) is 66.6 Å². The van der Waals surface area contributed by atoms with Crippen molar-refractivity contribution in [3.05, 3.63) is 105 Å². The lowest BCUT2D eigenvalue weighted by molar-refractivity contribution is 0.112. The molecular formula is C24H24O. The first-order valence-corrected chi connectivity index (χ1v) is 8.69. The van der Waals surface area contributed by atoms with E-state index < -0.39 is 0 Å². The van der Waals surface area contributed by atoms with E-state index in [-0.39, 0.29) is 5.92 Å². The van der Waals surface area contributed by atoms with Crippen LogP contribution in [0.2, 0.25) is 0 Å². The van der Waals surface area contributed by atoms with Gasteiger partial charge in [-0.1, -0.05) is 60.7 Å². The van der Waals surface area contributed by atoms with Gasteiger partial charge in [0.25, 0.3) is 0 Å². The average Bonchev–Trinajstić information content (AvgIpc) is 2.62. The van der Waals surface area contributed by atoms with Crippen molar-refractivity contribution in [2.45, 2.75) is 33.6 Å². The Kier molecular flexibility index (Phi) is 4.85. The van der Waals surface area contributed by atoms with Gasteiger partial charge in [0.1, 0.15) is 6.29 Å². The highest BCUT2D eigenvalue weighted by Gasteiger charge is 2.19. The highest BCUT2D eigenvalue weighted by atomic mass is 16.1. The average molecular weight is 328 g/mol. The van der Waals surface area contributed by atoms with Crippen LogP contribution in [0.3, 0.4) is 0 Å². The lowest BCUT2D eigenvalue weighted by Gasteiger charge is -2.23. The van der Waals surface area contributed by atoms with Gasteiger partial charge in [-0.3, -0.25) is 4.79 Å². The summed E-state index contributed by atoms with van der Waals surface area (Å²) in [5.74, 6) is 0.167. The zero-order chi connectivity index (χ0) is 18.0. The van der Waals surface area contributed by atoms with E-state index in [2.05, 4.69) is 76.2 Å². The van der Waals surface area contributed by atoms with Crippen LogP contribution in [0, 0.1) is 27.7 Å². The van der Waals surface area contributed by atoms with E-state index in [0.717, 1.165) is 6.29 Å². The molecule has 3 aromatic rings. The van der Waals surface area contributed by atoms with Gasteiger partial charge >= 0.3 is 0 Å². The zero-order valence-electron chi connectivity index (χ0n) is 15.3. The summed E-state index contributed by atoms with van der Waals surface area (Å²) in [6.45, 7) is 8.66. The fourth-order valence-corrected chi connectivity index (χ4v) is 3.35. The van der Waals surface area contributed by atoms with Gasteiger partial charge < -0.3 is 0 Å². The van der Waals surface area contributed by atoms with E-state index in [1.165, 1.54) is 38.9 Å². The Bertz CT molecular complexity index is 904. The lowest BCUT2D eigenvalue weighted by atomic mass is 9.81. The van der Waals surface area contributed by atoms with Crippen LogP contribution in [0.4, 0.5) is 0 Å². The second-order valence-corrected chi connectivity index (χ2v) is 6.85. The zero-order valence-corrected chi connectivity index (χ0v) is 15.3. The predicted octanol–water partition coefficient (Wildman–Crippen LogP) is 5.91. The van der Waals surface area contributed by atoms with Crippen molar-refractivity contribution in [2.24, 2.45) is 0 Å². The summed E-state index contributed by atoms with van der Waals surface area (Å²) >= 11 is 0. The van der Waals surface area contributed by atoms with Crippen LogP contribution in [0.1, 0.15) is 55.2 Å². The molecule has 1 atom stereocenters. The minimum atomic E-state index is 0.167. The molecule has 3 rings (SSSR count). The minimum Gasteiger partial charge on any atom is -0.298 e. The van der Waals surface area contributed by atoms with Gasteiger partial charge in [0.2, 0.25) is 0 Å². The van der Waals surface area contributed by atoms with Crippen LogP contribution in [0.15, 0.2) is 60.7 Å². The van der Waals surface area contributed by atoms with E-state index in [1.807, 2.05) is 12.1 Å². The fourth-order valence-electron chi connectivity index (χ4n) is 3.35. The molecule has 126 valence electrons. The van der Waals surface area contributed by atoms with Gasteiger partial charge in [0.05, 0.1) is 0 Å². The van der Waals surface area contributed by atoms with Crippen molar-refractivity contribution >= 4 is 6.29 Å². The van der Waals surface area contributed by atoms with Crippen LogP contribution in [0.25, 0.3) is 0 Å². The van der Waals surface area contributed by atoms with E-state index >= 15 is 0 Å². The molecule has 1 heteroatoms. The number of aldehydes is 1. The number of benzene rings is 3. The maximum atomic E-state index is 11.0. The Balaban J connectivity index is 2.21. The molecule has 0 N–H and O–H groups in total. The topological polar surface area (TPSA) is 17.1 Å². The van der Waals surface area contributed by atoms with Crippen molar-refractivity contribution in [2.75, 3.05) is 0 Å². The second-order valence-electron chi connectivity index (χ2n) is 6.85. The SMILES string of the molecule is Cc1ccc(C(c2ccc(C=O)cc2)c2cccc(C)c2C)cc1C. The Labute approximate surface area is 150 Å². The van der Waals surface area contributed by atoms with Gasteiger partial charge in [0, 0.05) is 11.5 Å². The number of hydrogen-bond acceptors (Lipinski definition) is 1. The first-order chi connectivity index (χ1) is 12.0. The summed E-state index contributed by atoms with van der Waals surface area (Å²) in [6.07, 6.45) is 0.896. The normalized spacial score (nSPS) is 12.0. The van der Waals surface area contributed by atoms with Gasteiger partial charge in [-0.25, -0.2) is 0 Å². The van der Waals surface area contributed by atoms with Crippen LogP contribution in [0.5, 0.6) is 0 Å².